The van der Waals surface area contributed by atoms with E-state index in [-0.39, 0.29) is 61.0 Å². The number of hydrogen-bond donors (Lipinski definition) is 5. The summed E-state index contributed by atoms with van der Waals surface area (Å²) in [6, 6.07) is 23.1. The lowest BCUT2D eigenvalue weighted by Crippen LogP contribution is -2.59. The van der Waals surface area contributed by atoms with Crippen LogP contribution >= 0.6 is 11.3 Å². The van der Waals surface area contributed by atoms with Crippen LogP contribution in [0.5, 0.6) is 5.75 Å². The fourth-order valence-corrected chi connectivity index (χ4v) is 9.37. The number of nitrogens with zero attached hydrogens (tertiary/aromatic N) is 5. The number of aliphatic hydroxyl groups excluding tert-OH is 1. The Bertz CT molecular complexity index is 2360. The summed E-state index contributed by atoms with van der Waals surface area (Å²) in [6.07, 6.45) is 0.955. The van der Waals surface area contributed by atoms with E-state index in [1.165, 1.54) is 10.5 Å². The van der Waals surface area contributed by atoms with E-state index in [1.54, 1.807) is 29.5 Å². The van der Waals surface area contributed by atoms with Crippen molar-refractivity contribution in [1.29, 1.82) is 0 Å². The van der Waals surface area contributed by atoms with Gasteiger partial charge in [0.25, 0.3) is 0 Å². The highest BCUT2D eigenvalue weighted by atomic mass is 32.1. The van der Waals surface area contributed by atoms with Gasteiger partial charge >= 0.3 is 0 Å². The molecule has 2 aliphatic rings. The van der Waals surface area contributed by atoms with Crippen molar-refractivity contribution in [2.75, 3.05) is 25.4 Å². The van der Waals surface area contributed by atoms with Gasteiger partial charge in [-0.25, -0.2) is 4.98 Å². The van der Waals surface area contributed by atoms with Crippen LogP contribution in [0.2, 0.25) is 0 Å². The number of nitrogen functional groups attached to an aromatic ring is 1. The third-order valence-electron chi connectivity index (χ3n) is 12.1. The normalized spacial score (nSPS) is 20.5. The van der Waals surface area contributed by atoms with Crippen molar-refractivity contribution in [3.05, 3.63) is 101 Å². The Morgan fingerprint density at radius 2 is 1.66 bits per heavy atom. The molecule has 2 aromatic heterocycles. The van der Waals surface area contributed by atoms with Crippen LogP contribution in [-0.4, -0.2) is 96.8 Å². The molecule has 2 unspecified atom stereocenters. The van der Waals surface area contributed by atoms with Crippen molar-refractivity contribution in [3.8, 4) is 38.6 Å². The van der Waals surface area contributed by atoms with Gasteiger partial charge < -0.3 is 31.5 Å². The summed E-state index contributed by atoms with van der Waals surface area (Å²) in [5.41, 5.74) is 14.3. The van der Waals surface area contributed by atoms with E-state index in [2.05, 4.69) is 49.8 Å². The van der Waals surface area contributed by atoms with Crippen LogP contribution in [0, 0.1) is 12.3 Å². The van der Waals surface area contributed by atoms with E-state index < -0.39 is 23.6 Å². The monoisotopic (exact) mass is 844 g/mol. The van der Waals surface area contributed by atoms with Crippen LogP contribution in [0.15, 0.2) is 84.4 Å². The van der Waals surface area contributed by atoms with Gasteiger partial charge in [0.05, 0.1) is 40.5 Å². The number of carbonyl (C=O) groups is 3. The average molecular weight is 845 g/mol. The second-order valence-electron chi connectivity index (χ2n) is 17.6. The predicted octanol–water partition coefficient (Wildman–Crippen LogP) is 6.47. The molecule has 6 atom stereocenters. The lowest BCUT2D eigenvalue weighted by Gasteiger charge is -2.39. The smallest absolute Gasteiger partial charge is 0.246 e. The number of thiazole rings is 1. The van der Waals surface area contributed by atoms with Gasteiger partial charge in [0.15, 0.2) is 5.82 Å². The maximum absolute atomic E-state index is 14.3. The Kier molecular flexibility index (Phi) is 12.9. The van der Waals surface area contributed by atoms with Crippen molar-refractivity contribution >= 4 is 34.9 Å². The summed E-state index contributed by atoms with van der Waals surface area (Å²) in [5, 5.41) is 35.5. The molecule has 14 heteroatoms. The maximum atomic E-state index is 14.3. The van der Waals surface area contributed by atoms with E-state index >= 15 is 0 Å². The Morgan fingerprint density at radius 1 is 0.951 bits per heavy atom. The number of likely N-dealkylation sites (tertiary alicyclic amines) is 2. The molecule has 0 aliphatic carbocycles. The van der Waals surface area contributed by atoms with Crippen LogP contribution in [0.4, 0.5) is 5.82 Å². The number of nitrogens with two attached hydrogens (primary N) is 1. The largest absolute Gasteiger partial charge is 0.507 e. The number of carbonyl (C=O) groups excluding carboxylic acids is 3. The molecule has 0 radical (unpaired) electrons. The van der Waals surface area contributed by atoms with Gasteiger partial charge in [-0.15, -0.1) is 21.5 Å². The number of β-amino-alcohol motifs (C(OH)–C–C–N with tert-alkyl or cyclic N) is 1. The Hall–Kier alpha value is -5.70. The minimum atomic E-state index is -0.911. The zero-order valence-electron chi connectivity index (χ0n) is 35.6. The van der Waals surface area contributed by atoms with Crippen LogP contribution in [0.25, 0.3) is 32.8 Å². The van der Waals surface area contributed by atoms with Gasteiger partial charge in [-0.3, -0.25) is 19.3 Å². The van der Waals surface area contributed by atoms with Crippen molar-refractivity contribution in [1.82, 2.24) is 35.6 Å². The highest BCUT2D eigenvalue weighted by Crippen LogP contribution is 2.36. The Balaban J connectivity index is 0.949. The predicted molar refractivity (Wildman–Crippen MR) is 238 cm³/mol. The van der Waals surface area contributed by atoms with Gasteiger partial charge in [-0.2, -0.15) is 0 Å². The minimum Gasteiger partial charge on any atom is -0.507 e. The van der Waals surface area contributed by atoms with E-state index in [9.17, 15) is 24.6 Å². The molecule has 61 heavy (non-hydrogen) atoms. The highest BCUT2D eigenvalue weighted by Gasteiger charge is 2.45. The van der Waals surface area contributed by atoms with E-state index in [0.717, 1.165) is 45.7 Å². The molecule has 0 spiro atoms. The van der Waals surface area contributed by atoms with Crippen LogP contribution < -0.4 is 16.4 Å². The number of amides is 3. The molecule has 2 aliphatic heterocycles. The lowest BCUT2D eigenvalue weighted by atomic mass is 9.84. The standard InChI is InChI=1S/C47H56N8O5S/c1-27-21-34(31-13-15-32(16-14-31)37-23-38(52-53-44(37)48)36-9-7-8-10-40(36)57)19-20-54(27)25-41(58)51-43(47(4,5)6)46(60)55-24-35(56)22-39(55)45(59)50-28(2)30-11-17-33(18-12-30)42-29(3)49-26-61-42/h7-18,23,26-28,34-35,39,43,56-57H,19-22,24-25H2,1-6H3,(H2,48,53)(H,50,59)(H,51,58)/t27?,28-,34?,35+,39-,43+/m0/s1. The molecule has 320 valence electrons. The lowest BCUT2D eigenvalue weighted by molar-refractivity contribution is -0.144. The topological polar surface area (TPSA) is 187 Å². The SMILES string of the molecule is Cc1ncsc1-c1ccc([C@H](C)NC(=O)[C@@H]2C[C@@H](O)CN2C(=O)[C@@H](NC(=O)CN2CCC(c3ccc(-c4cc(-c5ccccc5O)nnc4N)cc3)CC2C)C(C)(C)C)cc1. The van der Waals surface area contributed by atoms with Crippen LogP contribution in [0.1, 0.15) is 82.7 Å². The third kappa shape index (κ3) is 9.77. The first-order chi connectivity index (χ1) is 29.1. The summed E-state index contributed by atoms with van der Waals surface area (Å²) in [6.45, 7) is 12.5. The number of aryl methyl sites for hydroxylation is 1. The molecule has 7 rings (SSSR count). The number of phenols is 1. The number of piperidine rings is 1. The van der Waals surface area contributed by atoms with Gasteiger partial charge in [-0.1, -0.05) is 81.4 Å². The molecule has 3 aromatic carbocycles. The third-order valence-corrected chi connectivity index (χ3v) is 13.1. The van der Waals surface area contributed by atoms with Gasteiger partial charge in [0.2, 0.25) is 17.7 Å². The first kappa shape index (κ1) is 43.4. The number of hydrogen-bond acceptors (Lipinski definition) is 11. The molecular formula is C47H56N8O5S. The average Bonchev–Trinajstić information content (AvgIpc) is 3.85. The molecule has 0 bridgehead atoms. The van der Waals surface area contributed by atoms with Crippen molar-refractivity contribution in [3.63, 3.8) is 0 Å². The zero-order valence-corrected chi connectivity index (χ0v) is 36.4. The molecule has 3 amide bonds. The van der Waals surface area contributed by atoms with Crippen molar-refractivity contribution in [2.45, 2.75) is 97.0 Å². The molecule has 13 nitrogen and oxygen atoms in total. The summed E-state index contributed by atoms with van der Waals surface area (Å²) in [7, 11) is 0. The number of aromatic nitrogens is 3. The second kappa shape index (κ2) is 18.1. The molecule has 2 fully saturated rings. The van der Waals surface area contributed by atoms with Crippen molar-refractivity contribution in [2.24, 2.45) is 5.41 Å². The van der Waals surface area contributed by atoms with Crippen molar-refractivity contribution < 1.29 is 24.6 Å². The fourth-order valence-electron chi connectivity index (χ4n) is 8.55. The first-order valence-corrected chi connectivity index (χ1v) is 21.8. The quantitative estimate of drug-likeness (QED) is 0.0987. The highest BCUT2D eigenvalue weighted by molar-refractivity contribution is 7.13. The van der Waals surface area contributed by atoms with E-state index in [0.29, 0.717) is 23.6 Å². The number of aromatic hydroxyl groups is 1. The number of aliphatic hydroxyl groups is 1. The van der Waals surface area contributed by atoms with E-state index in [1.807, 2.05) is 88.7 Å². The zero-order chi connectivity index (χ0) is 43.6. The number of benzene rings is 3. The van der Waals surface area contributed by atoms with Crippen LogP contribution in [0.3, 0.4) is 0 Å². The number of rotatable bonds is 11. The molecule has 0 saturated carbocycles. The number of phenolic OH excluding ortho intramolecular Hbond substituents is 1. The second-order valence-corrected chi connectivity index (χ2v) is 18.4. The fraction of sp³-hybridized carbons (Fsp3) is 0.404. The number of anilines is 1. The summed E-state index contributed by atoms with van der Waals surface area (Å²) in [4.78, 5) is 50.8. The van der Waals surface area contributed by atoms with Crippen LogP contribution in [-0.2, 0) is 14.4 Å². The molecule has 5 aromatic rings. The number of nitrogens with one attached hydrogen (secondary N) is 2. The van der Waals surface area contributed by atoms with Gasteiger partial charge in [-0.05, 0) is 91.9 Å². The molecule has 2 saturated heterocycles. The van der Waals surface area contributed by atoms with Gasteiger partial charge in [0.1, 0.15) is 17.8 Å². The Labute approximate surface area is 361 Å². The summed E-state index contributed by atoms with van der Waals surface area (Å²) < 4.78 is 0. The Morgan fingerprint density at radius 3 is 2.31 bits per heavy atom. The summed E-state index contributed by atoms with van der Waals surface area (Å²) >= 11 is 1.58. The number of para-hydroxylation sites is 1. The van der Waals surface area contributed by atoms with E-state index in [4.69, 9.17) is 5.73 Å². The van der Waals surface area contributed by atoms with Gasteiger partial charge in [0, 0.05) is 30.1 Å². The molecule has 6 N–H and O–H groups in total. The molecular weight excluding hydrogens is 789 g/mol. The molecule has 4 heterocycles. The summed E-state index contributed by atoms with van der Waals surface area (Å²) in [5.74, 6) is -0.284. The minimum absolute atomic E-state index is 0.00822. The first-order valence-electron chi connectivity index (χ1n) is 20.9. The maximum Gasteiger partial charge on any atom is 0.246 e.